The molecule has 2 aromatic rings. The number of alkyl carbamates (subject to hydrolysis) is 1. The van der Waals surface area contributed by atoms with Crippen LogP contribution in [0, 0.1) is 5.92 Å². The van der Waals surface area contributed by atoms with E-state index in [1.54, 1.807) is 0 Å². The van der Waals surface area contributed by atoms with Gasteiger partial charge in [-0.1, -0.05) is 62.4 Å². The predicted octanol–water partition coefficient (Wildman–Crippen LogP) is 3.46. The molecule has 170 valence electrons. The molecule has 0 aromatic heterocycles. The van der Waals surface area contributed by atoms with Crippen molar-refractivity contribution in [3.8, 4) is 11.1 Å². The lowest BCUT2D eigenvalue weighted by Gasteiger charge is -2.19. The molecule has 32 heavy (non-hydrogen) atoms. The van der Waals surface area contributed by atoms with E-state index in [0.717, 1.165) is 22.3 Å². The van der Waals surface area contributed by atoms with Crippen LogP contribution in [-0.2, 0) is 19.2 Å². The summed E-state index contributed by atoms with van der Waals surface area (Å²) in [4.78, 5) is 40.9. The number of carbonyl (C=O) groups is 3. The van der Waals surface area contributed by atoms with Gasteiger partial charge in [-0.25, -0.2) is 10.3 Å². The Hall–Kier alpha value is -3.39. The standard InChI is InChI=1S/C24H28N2O6/c1-15(2)13-32-26-23(29)21(11-12-22(27)28)25-24(30)31-14-20-18-9-5-3-7-16(18)17-8-4-6-10-19(17)20/h3-10,15,20-21H,11-14H2,1-2H3,(H,25,30)(H,26,29)(H,27,28). The van der Waals surface area contributed by atoms with Gasteiger partial charge in [0.1, 0.15) is 12.6 Å². The summed E-state index contributed by atoms with van der Waals surface area (Å²) < 4.78 is 5.45. The molecular formula is C24H28N2O6. The van der Waals surface area contributed by atoms with Gasteiger partial charge in [-0.15, -0.1) is 0 Å². The van der Waals surface area contributed by atoms with Crippen molar-refractivity contribution in [1.29, 1.82) is 0 Å². The third-order valence-corrected chi connectivity index (χ3v) is 5.19. The Morgan fingerprint density at radius 3 is 2.16 bits per heavy atom. The summed E-state index contributed by atoms with van der Waals surface area (Å²) in [5.74, 6) is -1.61. The molecule has 8 heteroatoms. The Morgan fingerprint density at radius 2 is 1.59 bits per heavy atom. The van der Waals surface area contributed by atoms with E-state index in [2.05, 4.69) is 10.8 Å². The summed E-state index contributed by atoms with van der Waals surface area (Å²) in [6.45, 7) is 4.23. The van der Waals surface area contributed by atoms with E-state index in [4.69, 9.17) is 14.7 Å². The molecule has 0 aliphatic heterocycles. The fourth-order valence-electron chi connectivity index (χ4n) is 3.67. The van der Waals surface area contributed by atoms with Crippen LogP contribution in [-0.4, -0.2) is 42.3 Å². The van der Waals surface area contributed by atoms with E-state index < -0.39 is 24.0 Å². The molecule has 3 rings (SSSR count). The molecule has 2 amide bonds. The highest BCUT2D eigenvalue weighted by atomic mass is 16.7. The normalized spacial score (nSPS) is 13.2. The lowest BCUT2D eigenvalue weighted by Crippen LogP contribution is -2.47. The fraction of sp³-hybridized carbons (Fsp3) is 0.375. The Kier molecular flexibility index (Phi) is 7.83. The highest BCUT2D eigenvalue weighted by molar-refractivity contribution is 5.85. The lowest BCUT2D eigenvalue weighted by molar-refractivity contribution is -0.139. The van der Waals surface area contributed by atoms with Crippen molar-refractivity contribution in [2.75, 3.05) is 13.2 Å². The summed E-state index contributed by atoms with van der Waals surface area (Å²) in [7, 11) is 0. The maximum atomic E-state index is 12.5. The Bertz CT molecular complexity index is 929. The number of amides is 2. The van der Waals surface area contributed by atoms with Crippen LogP contribution in [0.25, 0.3) is 11.1 Å². The van der Waals surface area contributed by atoms with Crippen LogP contribution < -0.4 is 10.8 Å². The van der Waals surface area contributed by atoms with Crippen molar-refractivity contribution < 1.29 is 29.1 Å². The Morgan fingerprint density at radius 1 is 1.00 bits per heavy atom. The van der Waals surface area contributed by atoms with Crippen LogP contribution in [0.15, 0.2) is 48.5 Å². The number of carbonyl (C=O) groups excluding carboxylic acids is 2. The molecule has 1 unspecified atom stereocenters. The molecule has 3 N–H and O–H groups in total. The highest BCUT2D eigenvalue weighted by Gasteiger charge is 2.30. The van der Waals surface area contributed by atoms with E-state index in [-0.39, 0.29) is 31.3 Å². The molecule has 0 fully saturated rings. The summed E-state index contributed by atoms with van der Waals surface area (Å²) >= 11 is 0. The van der Waals surface area contributed by atoms with Crippen LogP contribution in [0.3, 0.4) is 0 Å². The number of nitrogens with one attached hydrogen (secondary N) is 2. The van der Waals surface area contributed by atoms with Gasteiger partial charge in [-0.2, -0.15) is 0 Å². The zero-order valence-electron chi connectivity index (χ0n) is 18.2. The molecule has 0 heterocycles. The third-order valence-electron chi connectivity index (χ3n) is 5.19. The summed E-state index contributed by atoms with van der Waals surface area (Å²) in [5.41, 5.74) is 6.63. The SMILES string of the molecule is CC(C)CONC(=O)C(CCC(=O)O)NC(=O)OCC1c2ccccc2-c2ccccc21. The first-order valence-electron chi connectivity index (χ1n) is 10.6. The zero-order chi connectivity index (χ0) is 23.1. The fourth-order valence-corrected chi connectivity index (χ4v) is 3.67. The molecular weight excluding hydrogens is 412 g/mol. The first-order valence-corrected chi connectivity index (χ1v) is 10.6. The van der Waals surface area contributed by atoms with Crippen LogP contribution >= 0.6 is 0 Å². The predicted molar refractivity (Wildman–Crippen MR) is 118 cm³/mol. The molecule has 2 aromatic carbocycles. The minimum atomic E-state index is -1.09. The Labute approximate surface area is 186 Å². The monoisotopic (exact) mass is 440 g/mol. The van der Waals surface area contributed by atoms with Crippen LogP contribution in [0.1, 0.15) is 43.7 Å². The van der Waals surface area contributed by atoms with E-state index in [1.807, 2.05) is 62.4 Å². The molecule has 1 aliphatic carbocycles. The van der Waals surface area contributed by atoms with E-state index in [1.165, 1.54) is 0 Å². The second-order valence-corrected chi connectivity index (χ2v) is 8.13. The zero-order valence-corrected chi connectivity index (χ0v) is 18.2. The second-order valence-electron chi connectivity index (χ2n) is 8.13. The average Bonchev–Trinajstić information content (AvgIpc) is 3.08. The van der Waals surface area contributed by atoms with Gasteiger partial charge in [0.15, 0.2) is 0 Å². The topological polar surface area (TPSA) is 114 Å². The molecule has 0 saturated carbocycles. The summed E-state index contributed by atoms with van der Waals surface area (Å²) in [6.07, 6.45) is -1.16. The number of aliphatic carboxylic acids is 1. The summed E-state index contributed by atoms with van der Waals surface area (Å²) in [5, 5.41) is 11.4. The first-order chi connectivity index (χ1) is 15.4. The smallest absolute Gasteiger partial charge is 0.407 e. The van der Waals surface area contributed by atoms with Gasteiger partial charge < -0.3 is 15.2 Å². The van der Waals surface area contributed by atoms with E-state index >= 15 is 0 Å². The van der Waals surface area contributed by atoms with Crippen molar-refractivity contribution in [3.05, 3.63) is 59.7 Å². The van der Waals surface area contributed by atoms with Gasteiger partial charge in [0.25, 0.3) is 5.91 Å². The van der Waals surface area contributed by atoms with Gasteiger partial charge in [0, 0.05) is 12.3 Å². The summed E-state index contributed by atoms with van der Waals surface area (Å²) in [6, 6.07) is 14.8. The van der Waals surface area contributed by atoms with Crippen molar-refractivity contribution in [1.82, 2.24) is 10.8 Å². The number of carboxylic acid groups (broad SMARTS) is 1. The van der Waals surface area contributed by atoms with Crippen molar-refractivity contribution in [2.24, 2.45) is 5.92 Å². The first kappa shape index (κ1) is 23.3. The van der Waals surface area contributed by atoms with Gasteiger partial charge >= 0.3 is 12.1 Å². The number of carboxylic acids is 1. The van der Waals surface area contributed by atoms with Gasteiger partial charge in [-0.05, 0) is 34.6 Å². The highest BCUT2D eigenvalue weighted by Crippen LogP contribution is 2.44. The van der Waals surface area contributed by atoms with Crippen molar-refractivity contribution in [2.45, 2.75) is 38.6 Å². The number of rotatable bonds is 10. The largest absolute Gasteiger partial charge is 0.481 e. The van der Waals surface area contributed by atoms with Crippen molar-refractivity contribution in [3.63, 3.8) is 0 Å². The maximum absolute atomic E-state index is 12.5. The lowest BCUT2D eigenvalue weighted by atomic mass is 9.98. The number of ether oxygens (including phenoxy) is 1. The second kappa shape index (κ2) is 10.8. The van der Waals surface area contributed by atoms with Gasteiger partial charge in [0.2, 0.25) is 0 Å². The molecule has 1 atom stereocenters. The minimum absolute atomic E-state index is 0.0869. The third kappa shape index (κ3) is 5.85. The number of fused-ring (bicyclic) bond motifs is 3. The van der Waals surface area contributed by atoms with Crippen LogP contribution in [0.5, 0.6) is 0 Å². The number of hydrogen-bond acceptors (Lipinski definition) is 5. The maximum Gasteiger partial charge on any atom is 0.407 e. The molecule has 1 aliphatic rings. The molecule has 0 saturated heterocycles. The van der Waals surface area contributed by atoms with Gasteiger partial charge in [0.05, 0.1) is 6.61 Å². The minimum Gasteiger partial charge on any atom is -0.481 e. The van der Waals surface area contributed by atoms with Crippen LogP contribution in [0.4, 0.5) is 4.79 Å². The molecule has 0 radical (unpaired) electrons. The van der Waals surface area contributed by atoms with Crippen molar-refractivity contribution >= 4 is 18.0 Å². The molecule has 8 nitrogen and oxygen atoms in total. The quantitative estimate of drug-likeness (QED) is 0.488. The Balaban J connectivity index is 1.62. The number of hydrogen-bond donors (Lipinski definition) is 3. The van der Waals surface area contributed by atoms with Gasteiger partial charge in [-0.3, -0.25) is 14.4 Å². The number of benzene rings is 2. The van der Waals surface area contributed by atoms with E-state index in [0.29, 0.717) is 6.61 Å². The van der Waals surface area contributed by atoms with E-state index in [9.17, 15) is 14.4 Å². The molecule has 0 bridgehead atoms. The number of hydroxylamine groups is 1. The van der Waals surface area contributed by atoms with Crippen LogP contribution in [0.2, 0.25) is 0 Å². The molecule has 0 spiro atoms. The average molecular weight is 440 g/mol.